The maximum Gasteiger partial charge on any atom is 0.137 e. The van der Waals surface area contributed by atoms with Crippen molar-refractivity contribution in [2.45, 2.75) is 13.0 Å². The Balaban J connectivity index is 2.21. The number of hydrogen-bond donors (Lipinski definition) is 1. The van der Waals surface area contributed by atoms with Crippen molar-refractivity contribution < 1.29 is 9.84 Å². The number of ether oxygens (including phenoxy) is 1. The van der Waals surface area contributed by atoms with Gasteiger partial charge in [0.15, 0.2) is 0 Å². The first kappa shape index (κ1) is 14.3. The highest BCUT2D eigenvalue weighted by Gasteiger charge is 2.12. The molecule has 2 rings (SSSR count). The van der Waals surface area contributed by atoms with Gasteiger partial charge in [-0.1, -0.05) is 12.1 Å². The Bertz CT molecular complexity index is 553. The van der Waals surface area contributed by atoms with Crippen LogP contribution in [0, 0.1) is 0 Å². The molecule has 0 aliphatic heterocycles. The summed E-state index contributed by atoms with van der Waals surface area (Å²) in [6.07, 6.45) is 2.61. The molecule has 1 unspecified atom stereocenters. The molecule has 0 bridgehead atoms. The van der Waals surface area contributed by atoms with Gasteiger partial charge in [0.25, 0.3) is 0 Å². The summed E-state index contributed by atoms with van der Waals surface area (Å²) in [4.78, 5) is 6.12. The number of benzene rings is 1. The number of hydrogen-bond acceptors (Lipinski definition) is 4. The Kier molecular flexibility index (Phi) is 4.58. The lowest BCUT2D eigenvalue weighted by Gasteiger charge is -2.15. The van der Waals surface area contributed by atoms with Crippen molar-refractivity contribution in [3.63, 3.8) is 0 Å². The molecule has 0 aliphatic rings. The van der Waals surface area contributed by atoms with Gasteiger partial charge in [-0.25, -0.2) is 0 Å². The van der Waals surface area contributed by atoms with Crippen molar-refractivity contribution in [2.24, 2.45) is 0 Å². The minimum atomic E-state index is -0.695. The highest BCUT2D eigenvalue weighted by atomic mass is 16.5. The van der Waals surface area contributed by atoms with Crippen LogP contribution in [-0.4, -0.2) is 30.8 Å². The SMILES string of the molecule is CCOc1cncc(C(O)c2ccc(N(C)C)cc2)c1. The maximum absolute atomic E-state index is 10.4. The van der Waals surface area contributed by atoms with Crippen LogP contribution in [0.4, 0.5) is 5.69 Å². The van der Waals surface area contributed by atoms with Crippen LogP contribution in [0.2, 0.25) is 0 Å². The van der Waals surface area contributed by atoms with Crippen LogP contribution < -0.4 is 9.64 Å². The van der Waals surface area contributed by atoms with E-state index in [1.807, 2.05) is 56.3 Å². The van der Waals surface area contributed by atoms with E-state index < -0.39 is 6.10 Å². The highest BCUT2D eigenvalue weighted by molar-refractivity contribution is 5.47. The summed E-state index contributed by atoms with van der Waals surface area (Å²) < 4.78 is 5.40. The van der Waals surface area contributed by atoms with Gasteiger partial charge in [0.1, 0.15) is 11.9 Å². The lowest BCUT2D eigenvalue weighted by Crippen LogP contribution is -2.08. The summed E-state index contributed by atoms with van der Waals surface area (Å²) in [7, 11) is 3.97. The lowest BCUT2D eigenvalue weighted by atomic mass is 10.0. The fourth-order valence-corrected chi connectivity index (χ4v) is 1.98. The molecular weight excluding hydrogens is 252 g/mol. The van der Waals surface area contributed by atoms with Crippen LogP contribution in [0.25, 0.3) is 0 Å². The number of pyridine rings is 1. The highest BCUT2D eigenvalue weighted by Crippen LogP contribution is 2.25. The first-order valence-corrected chi connectivity index (χ1v) is 6.65. The largest absolute Gasteiger partial charge is 0.492 e. The number of aromatic nitrogens is 1. The Labute approximate surface area is 119 Å². The Morgan fingerprint density at radius 2 is 1.85 bits per heavy atom. The van der Waals surface area contributed by atoms with Crippen molar-refractivity contribution in [2.75, 3.05) is 25.6 Å². The van der Waals surface area contributed by atoms with Gasteiger partial charge in [-0.15, -0.1) is 0 Å². The van der Waals surface area contributed by atoms with E-state index in [9.17, 15) is 5.11 Å². The molecular formula is C16H20N2O2. The van der Waals surface area contributed by atoms with Gasteiger partial charge in [0.05, 0.1) is 12.8 Å². The quantitative estimate of drug-likeness (QED) is 0.909. The van der Waals surface area contributed by atoms with E-state index in [4.69, 9.17) is 4.74 Å². The summed E-state index contributed by atoms with van der Waals surface area (Å²) in [5.74, 6) is 0.675. The summed E-state index contributed by atoms with van der Waals surface area (Å²) in [6.45, 7) is 2.50. The van der Waals surface area contributed by atoms with E-state index in [-0.39, 0.29) is 0 Å². The molecule has 1 heterocycles. The number of rotatable bonds is 5. The molecule has 0 fully saturated rings. The third-order valence-corrected chi connectivity index (χ3v) is 3.09. The van der Waals surface area contributed by atoms with Gasteiger partial charge in [-0.2, -0.15) is 0 Å². The predicted molar refractivity (Wildman–Crippen MR) is 80.2 cm³/mol. The molecule has 4 nitrogen and oxygen atoms in total. The predicted octanol–water partition coefficient (Wildman–Crippen LogP) is 2.63. The number of aliphatic hydroxyl groups excluding tert-OH is 1. The third-order valence-electron chi connectivity index (χ3n) is 3.09. The molecule has 1 aromatic heterocycles. The van der Waals surface area contributed by atoms with Crippen molar-refractivity contribution in [1.29, 1.82) is 0 Å². The zero-order valence-electron chi connectivity index (χ0n) is 12.1. The van der Waals surface area contributed by atoms with E-state index in [0.29, 0.717) is 12.4 Å². The van der Waals surface area contributed by atoms with Crippen molar-refractivity contribution in [3.05, 3.63) is 53.9 Å². The first-order chi connectivity index (χ1) is 9.61. The fourth-order valence-electron chi connectivity index (χ4n) is 1.98. The second-order valence-electron chi connectivity index (χ2n) is 4.78. The topological polar surface area (TPSA) is 45.6 Å². The molecule has 0 spiro atoms. The molecule has 1 N–H and O–H groups in total. The standard InChI is InChI=1S/C16H20N2O2/c1-4-20-15-9-13(10-17-11-15)16(19)12-5-7-14(8-6-12)18(2)3/h5-11,16,19H,4H2,1-3H3. The van der Waals surface area contributed by atoms with Gasteiger partial charge >= 0.3 is 0 Å². The second-order valence-corrected chi connectivity index (χ2v) is 4.78. The summed E-state index contributed by atoms with van der Waals surface area (Å²) in [6, 6.07) is 9.64. The Morgan fingerprint density at radius 1 is 1.15 bits per heavy atom. The minimum Gasteiger partial charge on any atom is -0.492 e. The molecule has 4 heteroatoms. The van der Waals surface area contributed by atoms with Crippen molar-refractivity contribution in [3.8, 4) is 5.75 Å². The van der Waals surface area contributed by atoms with Crippen LogP contribution in [-0.2, 0) is 0 Å². The summed E-state index contributed by atoms with van der Waals surface area (Å²) >= 11 is 0. The minimum absolute atomic E-state index is 0.582. The molecule has 0 aliphatic carbocycles. The maximum atomic E-state index is 10.4. The van der Waals surface area contributed by atoms with Gasteiger partial charge in [0.2, 0.25) is 0 Å². The van der Waals surface area contributed by atoms with Gasteiger partial charge in [-0.05, 0) is 30.7 Å². The average Bonchev–Trinajstić information content (AvgIpc) is 2.47. The first-order valence-electron chi connectivity index (χ1n) is 6.65. The third kappa shape index (κ3) is 3.27. The smallest absolute Gasteiger partial charge is 0.137 e. The van der Waals surface area contributed by atoms with Crippen LogP contribution >= 0.6 is 0 Å². The average molecular weight is 272 g/mol. The molecule has 0 amide bonds. The normalized spacial score (nSPS) is 12.0. The zero-order valence-corrected chi connectivity index (χ0v) is 12.1. The molecule has 0 saturated carbocycles. The molecule has 106 valence electrons. The number of anilines is 1. The Hall–Kier alpha value is -2.07. The monoisotopic (exact) mass is 272 g/mol. The molecule has 0 radical (unpaired) electrons. The van der Waals surface area contributed by atoms with Crippen molar-refractivity contribution >= 4 is 5.69 Å². The molecule has 1 aromatic carbocycles. The second kappa shape index (κ2) is 6.39. The molecule has 0 saturated heterocycles. The van der Waals surface area contributed by atoms with E-state index in [1.54, 1.807) is 12.4 Å². The zero-order chi connectivity index (χ0) is 14.5. The summed E-state index contributed by atoms with van der Waals surface area (Å²) in [5.41, 5.74) is 2.67. The van der Waals surface area contributed by atoms with Crippen LogP contribution in [0.3, 0.4) is 0 Å². The molecule has 2 aromatic rings. The molecule has 20 heavy (non-hydrogen) atoms. The van der Waals surface area contributed by atoms with Crippen LogP contribution in [0.15, 0.2) is 42.7 Å². The Morgan fingerprint density at radius 3 is 2.45 bits per heavy atom. The van der Waals surface area contributed by atoms with E-state index >= 15 is 0 Å². The van der Waals surface area contributed by atoms with E-state index in [2.05, 4.69) is 4.98 Å². The van der Waals surface area contributed by atoms with Gasteiger partial charge in [-0.3, -0.25) is 4.98 Å². The van der Waals surface area contributed by atoms with Gasteiger partial charge < -0.3 is 14.7 Å². The van der Waals surface area contributed by atoms with Crippen LogP contribution in [0.5, 0.6) is 5.75 Å². The molecule has 1 atom stereocenters. The number of aliphatic hydroxyl groups is 1. The van der Waals surface area contributed by atoms with E-state index in [1.165, 1.54) is 0 Å². The lowest BCUT2D eigenvalue weighted by molar-refractivity contribution is 0.219. The number of nitrogens with zero attached hydrogens (tertiary/aromatic N) is 2. The van der Waals surface area contributed by atoms with Crippen LogP contribution in [0.1, 0.15) is 24.2 Å². The van der Waals surface area contributed by atoms with E-state index in [0.717, 1.165) is 16.8 Å². The summed E-state index contributed by atoms with van der Waals surface area (Å²) in [5, 5.41) is 10.4. The van der Waals surface area contributed by atoms with Gasteiger partial charge in [0, 0.05) is 31.5 Å². The van der Waals surface area contributed by atoms with Crippen molar-refractivity contribution in [1.82, 2.24) is 4.98 Å². The fraction of sp³-hybridized carbons (Fsp3) is 0.312.